The Balaban J connectivity index is 1.85. The first-order valence-corrected chi connectivity index (χ1v) is 7.45. The van der Waals surface area contributed by atoms with Gasteiger partial charge in [0, 0.05) is 18.7 Å². The van der Waals surface area contributed by atoms with Crippen molar-refractivity contribution in [2.45, 2.75) is 31.6 Å². The van der Waals surface area contributed by atoms with E-state index in [0.29, 0.717) is 5.92 Å². The Kier molecular flexibility index (Phi) is 3.83. The summed E-state index contributed by atoms with van der Waals surface area (Å²) in [7, 11) is 0. The number of likely N-dealkylation sites (tertiary alicyclic amines) is 1. The third-order valence-electron chi connectivity index (χ3n) is 4.36. The summed E-state index contributed by atoms with van der Waals surface area (Å²) in [5.74, 6) is 0.788. The third kappa shape index (κ3) is 2.66. The first-order valence-electron chi connectivity index (χ1n) is 7.45. The smallest absolute Gasteiger partial charge is 0.254 e. The zero-order valence-corrected chi connectivity index (χ0v) is 11.4. The molecule has 0 saturated carbocycles. The van der Waals surface area contributed by atoms with Gasteiger partial charge in [-0.2, -0.15) is 0 Å². The normalized spacial score (nSPS) is 20.7. The predicted molar refractivity (Wildman–Crippen MR) is 76.4 cm³/mol. The van der Waals surface area contributed by atoms with Gasteiger partial charge in [0.25, 0.3) is 5.91 Å². The zero-order chi connectivity index (χ0) is 13.1. The van der Waals surface area contributed by atoms with Gasteiger partial charge in [-0.25, -0.2) is 0 Å². The molecule has 1 amide bonds. The molecule has 2 fully saturated rings. The van der Waals surface area contributed by atoms with Crippen LogP contribution in [0.1, 0.15) is 47.5 Å². The Morgan fingerprint density at radius 2 is 1.79 bits per heavy atom. The minimum Gasteiger partial charge on any atom is -0.339 e. The van der Waals surface area contributed by atoms with Gasteiger partial charge in [0.15, 0.2) is 0 Å². The van der Waals surface area contributed by atoms with Gasteiger partial charge in [0.1, 0.15) is 0 Å². The number of amides is 1. The molecule has 0 radical (unpaired) electrons. The summed E-state index contributed by atoms with van der Waals surface area (Å²) < 4.78 is 0. The summed E-state index contributed by atoms with van der Waals surface area (Å²) in [5, 5.41) is 3.39. The van der Waals surface area contributed by atoms with Gasteiger partial charge in [-0.05, 0) is 56.3 Å². The predicted octanol–water partition coefficient (Wildman–Crippen LogP) is 2.39. The summed E-state index contributed by atoms with van der Waals surface area (Å²) >= 11 is 0. The van der Waals surface area contributed by atoms with Crippen molar-refractivity contribution >= 4 is 5.91 Å². The second-order valence-corrected chi connectivity index (χ2v) is 5.61. The van der Waals surface area contributed by atoms with E-state index in [0.717, 1.165) is 57.4 Å². The van der Waals surface area contributed by atoms with Crippen molar-refractivity contribution in [3.05, 3.63) is 35.4 Å². The van der Waals surface area contributed by atoms with Crippen LogP contribution in [0.4, 0.5) is 0 Å². The standard InChI is InChI=1S/C16H22N2O/c19-16(18-11-3-4-12-18)15-6-2-1-5-14(15)13-7-9-17-10-8-13/h1-2,5-6,13,17H,3-4,7-12H2. The van der Waals surface area contributed by atoms with E-state index in [9.17, 15) is 4.79 Å². The van der Waals surface area contributed by atoms with Crippen molar-refractivity contribution in [1.29, 1.82) is 0 Å². The highest BCUT2D eigenvalue weighted by Crippen LogP contribution is 2.29. The Bertz CT molecular complexity index is 446. The van der Waals surface area contributed by atoms with Gasteiger partial charge in [0.05, 0.1) is 0 Å². The number of hydrogen-bond acceptors (Lipinski definition) is 2. The second-order valence-electron chi connectivity index (χ2n) is 5.61. The van der Waals surface area contributed by atoms with Gasteiger partial charge in [0.2, 0.25) is 0 Å². The molecule has 3 nitrogen and oxygen atoms in total. The van der Waals surface area contributed by atoms with Crippen LogP contribution in [0.2, 0.25) is 0 Å². The van der Waals surface area contributed by atoms with Crippen LogP contribution in [-0.2, 0) is 0 Å². The lowest BCUT2D eigenvalue weighted by molar-refractivity contribution is 0.0791. The largest absolute Gasteiger partial charge is 0.339 e. The molecule has 0 bridgehead atoms. The first kappa shape index (κ1) is 12.7. The van der Waals surface area contributed by atoms with Crippen LogP contribution in [0.25, 0.3) is 0 Å². The van der Waals surface area contributed by atoms with Crippen molar-refractivity contribution < 1.29 is 4.79 Å². The summed E-state index contributed by atoms with van der Waals surface area (Å²) in [6.07, 6.45) is 4.59. The molecule has 0 unspecified atom stereocenters. The molecule has 3 heteroatoms. The molecule has 1 aromatic carbocycles. The molecule has 0 aliphatic carbocycles. The summed E-state index contributed by atoms with van der Waals surface area (Å²) in [5.41, 5.74) is 2.21. The van der Waals surface area contributed by atoms with Crippen LogP contribution in [0, 0.1) is 0 Å². The molecular weight excluding hydrogens is 236 g/mol. The number of piperidine rings is 1. The number of rotatable bonds is 2. The van der Waals surface area contributed by atoms with E-state index < -0.39 is 0 Å². The van der Waals surface area contributed by atoms with Crippen LogP contribution < -0.4 is 5.32 Å². The molecule has 102 valence electrons. The van der Waals surface area contributed by atoms with E-state index in [1.165, 1.54) is 5.56 Å². The fraction of sp³-hybridized carbons (Fsp3) is 0.562. The van der Waals surface area contributed by atoms with Gasteiger partial charge in [-0.15, -0.1) is 0 Å². The van der Waals surface area contributed by atoms with E-state index in [-0.39, 0.29) is 5.91 Å². The molecule has 2 heterocycles. The van der Waals surface area contributed by atoms with E-state index >= 15 is 0 Å². The Morgan fingerprint density at radius 1 is 1.11 bits per heavy atom. The van der Waals surface area contributed by atoms with Crippen LogP contribution in [0.3, 0.4) is 0 Å². The molecule has 2 saturated heterocycles. The van der Waals surface area contributed by atoms with Crippen LogP contribution >= 0.6 is 0 Å². The van der Waals surface area contributed by atoms with Crippen molar-refractivity contribution in [2.75, 3.05) is 26.2 Å². The minimum atomic E-state index is 0.242. The fourth-order valence-electron chi connectivity index (χ4n) is 3.27. The maximum Gasteiger partial charge on any atom is 0.254 e. The molecule has 1 N–H and O–H groups in total. The molecule has 0 spiro atoms. The summed E-state index contributed by atoms with van der Waals surface area (Å²) in [4.78, 5) is 14.6. The number of benzene rings is 1. The molecular formula is C16H22N2O. The van der Waals surface area contributed by atoms with Gasteiger partial charge < -0.3 is 10.2 Å². The maximum atomic E-state index is 12.6. The molecule has 0 aromatic heterocycles. The van der Waals surface area contributed by atoms with Crippen molar-refractivity contribution in [1.82, 2.24) is 10.2 Å². The van der Waals surface area contributed by atoms with Crippen molar-refractivity contribution in [2.24, 2.45) is 0 Å². The number of hydrogen-bond donors (Lipinski definition) is 1. The number of nitrogens with one attached hydrogen (secondary N) is 1. The number of carbonyl (C=O) groups excluding carboxylic acids is 1. The third-order valence-corrected chi connectivity index (χ3v) is 4.36. The van der Waals surface area contributed by atoms with Gasteiger partial charge in [-0.3, -0.25) is 4.79 Å². The summed E-state index contributed by atoms with van der Waals surface area (Å²) in [6, 6.07) is 8.23. The molecule has 1 aromatic rings. The molecule has 0 atom stereocenters. The quantitative estimate of drug-likeness (QED) is 0.883. The average Bonchev–Trinajstić information content (AvgIpc) is 3.02. The van der Waals surface area contributed by atoms with E-state index in [4.69, 9.17) is 0 Å². The lowest BCUT2D eigenvalue weighted by Crippen LogP contribution is -2.31. The topological polar surface area (TPSA) is 32.3 Å². The van der Waals surface area contributed by atoms with E-state index in [1.807, 2.05) is 17.0 Å². The van der Waals surface area contributed by atoms with Gasteiger partial charge in [-0.1, -0.05) is 18.2 Å². The van der Waals surface area contributed by atoms with Crippen LogP contribution in [0.5, 0.6) is 0 Å². The molecule has 2 aliphatic heterocycles. The second kappa shape index (κ2) is 5.74. The lowest BCUT2D eigenvalue weighted by Gasteiger charge is -2.26. The Morgan fingerprint density at radius 3 is 2.53 bits per heavy atom. The maximum absolute atomic E-state index is 12.6. The van der Waals surface area contributed by atoms with Crippen LogP contribution in [0.15, 0.2) is 24.3 Å². The molecule has 19 heavy (non-hydrogen) atoms. The first-order chi connectivity index (χ1) is 9.36. The Hall–Kier alpha value is -1.35. The van der Waals surface area contributed by atoms with Crippen molar-refractivity contribution in [3.63, 3.8) is 0 Å². The highest BCUT2D eigenvalue weighted by atomic mass is 16.2. The monoisotopic (exact) mass is 258 g/mol. The van der Waals surface area contributed by atoms with Crippen LogP contribution in [-0.4, -0.2) is 37.0 Å². The highest BCUT2D eigenvalue weighted by molar-refractivity contribution is 5.96. The Labute approximate surface area is 115 Å². The minimum absolute atomic E-state index is 0.242. The number of nitrogens with zero attached hydrogens (tertiary/aromatic N) is 1. The van der Waals surface area contributed by atoms with Crippen molar-refractivity contribution in [3.8, 4) is 0 Å². The zero-order valence-electron chi connectivity index (χ0n) is 11.4. The molecule has 3 rings (SSSR count). The fourth-order valence-corrected chi connectivity index (χ4v) is 3.27. The lowest BCUT2D eigenvalue weighted by atomic mass is 9.87. The highest BCUT2D eigenvalue weighted by Gasteiger charge is 2.25. The van der Waals surface area contributed by atoms with E-state index in [1.54, 1.807) is 0 Å². The molecule has 2 aliphatic rings. The van der Waals surface area contributed by atoms with E-state index in [2.05, 4.69) is 17.4 Å². The average molecular weight is 258 g/mol. The van der Waals surface area contributed by atoms with Gasteiger partial charge >= 0.3 is 0 Å². The number of carbonyl (C=O) groups is 1. The SMILES string of the molecule is O=C(c1ccccc1C1CCNCC1)N1CCCC1. The summed E-state index contributed by atoms with van der Waals surface area (Å²) in [6.45, 7) is 3.99.